The fourth-order valence-electron chi connectivity index (χ4n) is 3.18. The first-order chi connectivity index (χ1) is 14.3. The third kappa shape index (κ3) is 5.56. The van der Waals surface area contributed by atoms with Crippen molar-refractivity contribution in [1.29, 1.82) is 0 Å². The van der Waals surface area contributed by atoms with Crippen molar-refractivity contribution in [3.63, 3.8) is 0 Å². The molecule has 1 fully saturated rings. The number of nitrogens with zero attached hydrogens (tertiary/aromatic N) is 1. The summed E-state index contributed by atoms with van der Waals surface area (Å²) in [5.74, 6) is -1.83. The first kappa shape index (κ1) is 22.2. The highest BCUT2D eigenvalue weighted by molar-refractivity contribution is 7.89. The normalized spacial score (nSPS) is 17.3. The molecule has 1 aliphatic heterocycles. The zero-order valence-corrected chi connectivity index (χ0v) is 17.5. The molecule has 0 unspecified atom stereocenters. The Labute approximate surface area is 179 Å². The highest BCUT2D eigenvalue weighted by atomic mass is 35.5. The summed E-state index contributed by atoms with van der Waals surface area (Å²) in [5, 5.41) is 5.52. The number of nitrogens with one attached hydrogen (secondary N) is 2. The van der Waals surface area contributed by atoms with Gasteiger partial charge < -0.3 is 10.6 Å². The number of sulfonamides is 1. The summed E-state index contributed by atoms with van der Waals surface area (Å²) in [4.78, 5) is 24.6. The van der Waals surface area contributed by atoms with Crippen molar-refractivity contribution in [1.82, 2.24) is 9.62 Å². The van der Waals surface area contributed by atoms with Gasteiger partial charge >= 0.3 is 0 Å². The third-order valence-corrected chi connectivity index (χ3v) is 6.89. The molecule has 160 valence electrons. The third-order valence-electron chi connectivity index (χ3n) is 4.76. The number of halogens is 2. The summed E-state index contributed by atoms with van der Waals surface area (Å²) in [6, 6.07) is 11.1. The maximum atomic E-state index is 12.9. The Morgan fingerprint density at radius 3 is 2.43 bits per heavy atom. The number of piperidine rings is 1. The van der Waals surface area contributed by atoms with Crippen LogP contribution in [0.5, 0.6) is 0 Å². The van der Waals surface area contributed by atoms with Crippen molar-refractivity contribution in [2.24, 2.45) is 5.92 Å². The Bertz CT molecular complexity index is 1010. The van der Waals surface area contributed by atoms with Crippen molar-refractivity contribution in [3.8, 4) is 0 Å². The molecule has 1 atom stereocenters. The second-order valence-corrected chi connectivity index (χ2v) is 9.30. The van der Waals surface area contributed by atoms with Gasteiger partial charge in [-0.15, -0.1) is 0 Å². The van der Waals surface area contributed by atoms with Crippen LogP contribution in [0, 0.1) is 11.7 Å². The van der Waals surface area contributed by atoms with Gasteiger partial charge in [-0.1, -0.05) is 11.6 Å². The van der Waals surface area contributed by atoms with E-state index in [1.54, 1.807) is 0 Å². The van der Waals surface area contributed by atoms with E-state index in [2.05, 4.69) is 10.6 Å². The van der Waals surface area contributed by atoms with E-state index in [1.807, 2.05) is 0 Å². The van der Waals surface area contributed by atoms with Gasteiger partial charge in [0, 0.05) is 23.8 Å². The van der Waals surface area contributed by atoms with Gasteiger partial charge in [-0.3, -0.25) is 9.59 Å². The molecule has 2 N–H and O–H groups in total. The topological polar surface area (TPSA) is 95.6 Å². The van der Waals surface area contributed by atoms with Gasteiger partial charge in [-0.25, -0.2) is 12.8 Å². The quantitative estimate of drug-likeness (QED) is 0.702. The van der Waals surface area contributed by atoms with Gasteiger partial charge in [-0.2, -0.15) is 4.31 Å². The molecule has 10 heteroatoms. The Kier molecular flexibility index (Phi) is 7.06. The predicted molar refractivity (Wildman–Crippen MR) is 111 cm³/mol. The molecule has 0 aromatic heterocycles. The highest BCUT2D eigenvalue weighted by Gasteiger charge is 2.33. The summed E-state index contributed by atoms with van der Waals surface area (Å²) < 4.78 is 39.8. The number of hydrogen-bond donors (Lipinski definition) is 2. The first-order valence-corrected chi connectivity index (χ1v) is 11.2. The molecule has 30 heavy (non-hydrogen) atoms. The van der Waals surface area contributed by atoms with Crippen LogP contribution in [-0.4, -0.2) is 44.2 Å². The number of carbonyl (C=O) groups is 2. The van der Waals surface area contributed by atoms with E-state index >= 15 is 0 Å². The summed E-state index contributed by atoms with van der Waals surface area (Å²) in [6.45, 7) is 0.0901. The Morgan fingerprint density at radius 2 is 1.77 bits per heavy atom. The van der Waals surface area contributed by atoms with Crippen molar-refractivity contribution in [2.75, 3.05) is 25.0 Å². The van der Waals surface area contributed by atoms with Crippen LogP contribution in [0.3, 0.4) is 0 Å². The molecule has 2 aromatic carbocycles. The Morgan fingerprint density at radius 1 is 1.10 bits per heavy atom. The molecule has 0 spiro atoms. The number of benzene rings is 2. The van der Waals surface area contributed by atoms with E-state index in [0.29, 0.717) is 30.1 Å². The standard InChI is InChI=1S/C20H21ClFN3O4S/c21-15-3-9-18(10-4-15)30(28,29)25-11-1-2-14(13-25)20(27)23-12-19(26)24-17-7-5-16(22)6-8-17/h3-10,14H,1-2,11-13H2,(H,23,27)(H,24,26)/t14-/m0/s1. The summed E-state index contributed by atoms with van der Waals surface area (Å²) in [6.07, 6.45) is 1.06. The Hall–Kier alpha value is -2.49. The largest absolute Gasteiger partial charge is 0.347 e. The molecule has 0 saturated carbocycles. The van der Waals surface area contributed by atoms with Crippen molar-refractivity contribution in [2.45, 2.75) is 17.7 Å². The number of hydrogen-bond acceptors (Lipinski definition) is 4. The molecule has 1 saturated heterocycles. The van der Waals surface area contributed by atoms with Crippen molar-refractivity contribution >= 4 is 39.1 Å². The van der Waals surface area contributed by atoms with E-state index in [1.165, 1.54) is 52.8 Å². The van der Waals surface area contributed by atoms with E-state index in [0.717, 1.165) is 0 Å². The fraction of sp³-hybridized carbons (Fsp3) is 0.300. The smallest absolute Gasteiger partial charge is 0.243 e. The monoisotopic (exact) mass is 453 g/mol. The second-order valence-electron chi connectivity index (χ2n) is 6.93. The van der Waals surface area contributed by atoms with Gasteiger partial charge in [0.1, 0.15) is 5.82 Å². The van der Waals surface area contributed by atoms with Crippen LogP contribution in [0.15, 0.2) is 53.4 Å². The molecule has 1 aliphatic rings. The zero-order chi connectivity index (χ0) is 21.7. The minimum atomic E-state index is -3.74. The van der Waals surface area contributed by atoms with E-state index in [-0.39, 0.29) is 23.9 Å². The molecule has 3 rings (SSSR count). The second kappa shape index (κ2) is 9.55. The molecular weight excluding hydrogens is 433 g/mol. The van der Waals surface area contributed by atoms with E-state index in [4.69, 9.17) is 11.6 Å². The SMILES string of the molecule is O=C(CNC(=O)[C@H]1CCCN(S(=O)(=O)c2ccc(Cl)cc2)C1)Nc1ccc(F)cc1. The zero-order valence-electron chi connectivity index (χ0n) is 16.0. The highest BCUT2D eigenvalue weighted by Crippen LogP contribution is 2.24. The number of amides is 2. The van der Waals surface area contributed by atoms with Crippen LogP contribution in [0.4, 0.5) is 10.1 Å². The number of carbonyl (C=O) groups excluding carboxylic acids is 2. The predicted octanol–water partition coefficient (Wildman–Crippen LogP) is 2.63. The molecule has 0 radical (unpaired) electrons. The molecule has 2 aromatic rings. The lowest BCUT2D eigenvalue weighted by molar-refractivity contribution is -0.128. The van der Waals surface area contributed by atoms with Gasteiger partial charge in [0.15, 0.2) is 0 Å². The van der Waals surface area contributed by atoms with Gasteiger partial charge in [0.05, 0.1) is 17.4 Å². The average molecular weight is 454 g/mol. The van der Waals surface area contributed by atoms with Crippen LogP contribution in [0.25, 0.3) is 0 Å². The first-order valence-electron chi connectivity index (χ1n) is 9.34. The number of anilines is 1. The summed E-state index contributed by atoms with van der Waals surface area (Å²) in [7, 11) is -3.74. The Balaban J connectivity index is 1.55. The van der Waals surface area contributed by atoms with Crippen molar-refractivity contribution in [3.05, 3.63) is 59.4 Å². The van der Waals surface area contributed by atoms with Crippen LogP contribution in [-0.2, 0) is 19.6 Å². The van der Waals surface area contributed by atoms with Gasteiger partial charge in [-0.05, 0) is 61.4 Å². The molecule has 2 amide bonds. The minimum Gasteiger partial charge on any atom is -0.347 e. The lowest BCUT2D eigenvalue weighted by atomic mass is 9.99. The molecule has 1 heterocycles. The molecule has 0 aliphatic carbocycles. The molecular formula is C20H21ClFN3O4S. The molecule has 0 bridgehead atoms. The van der Waals surface area contributed by atoms with Gasteiger partial charge in [0.2, 0.25) is 21.8 Å². The maximum Gasteiger partial charge on any atom is 0.243 e. The number of rotatable bonds is 6. The molecule has 7 nitrogen and oxygen atoms in total. The fourth-order valence-corrected chi connectivity index (χ4v) is 4.83. The van der Waals surface area contributed by atoms with Crippen LogP contribution >= 0.6 is 11.6 Å². The van der Waals surface area contributed by atoms with Crippen LogP contribution in [0.1, 0.15) is 12.8 Å². The lowest BCUT2D eigenvalue weighted by Gasteiger charge is -2.31. The minimum absolute atomic E-state index is 0.0381. The maximum absolute atomic E-state index is 12.9. The van der Waals surface area contributed by atoms with E-state index < -0.39 is 27.7 Å². The average Bonchev–Trinajstić information content (AvgIpc) is 2.74. The van der Waals surface area contributed by atoms with Gasteiger partial charge in [0.25, 0.3) is 0 Å². The van der Waals surface area contributed by atoms with Crippen LogP contribution < -0.4 is 10.6 Å². The summed E-state index contributed by atoms with van der Waals surface area (Å²) >= 11 is 5.82. The summed E-state index contributed by atoms with van der Waals surface area (Å²) in [5.41, 5.74) is 0.411. The van der Waals surface area contributed by atoms with Crippen molar-refractivity contribution < 1.29 is 22.4 Å². The van der Waals surface area contributed by atoms with E-state index in [9.17, 15) is 22.4 Å². The van der Waals surface area contributed by atoms with Crippen LogP contribution in [0.2, 0.25) is 5.02 Å². The lowest BCUT2D eigenvalue weighted by Crippen LogP contribution is -2.46.